The Balaban J connectivity index is 1.68. The predicted octanol–water partition coefficient (Wildman–Crippen LogP) is 4.94. The number of H-pyrrole nitrogens is 1. The maximum atomic E-state index is 12.4. The Labute approximate surface area is 170 Å². The summed E-state index contributed by atoms with van der Waals surface area (Å²) in [6.07, 6.45) is 0. The standard InChI is InChI=1S/C22H17BrN2O3/c1-27-19-11-8-15(12-20(19)28-13-14-6-9-16(23)10-7-14)21-24-18-5-3-2-4-17(18)22(26)25-21/h2-12H,13H2,1H3,(H,24,25,26). The molecule has 0 aliphatic heterocycles. The van der Waals surface area contributed by atoms with Crippen LogP contribution in [0.2, 0.25) is 0 Å². The summed E-state index contributed by atoms with van der Waals surface area (Å²) in [5.74, 6) is 1.68. The molecule has 0 fully saturated rings. The number of aromatic amines is 1. The van der Waals surface area contributed by atoms with E-state index in [1.807, 2.05) is 54.6 Å². The van der Waals surface area contributed by atoms with Crippen molar-refractivity contribution in [3.05, 3.63) is 87.1 Å². The molecule has 0 radical (unpaired) electrons. The quantitative estimate of drug-likeness (QED) is 0.481. The highest BCUT2D eigenvalue weighted by Gasteiger charge is 2.11. The molecular formula is C22H17BrN2O3. The van der Waals surface area contributed by atoms with Crippen LogP contribution in [0.3, 0.4) is 0 Å². The van der Waals surface area contributed by atoms with E-state index in [0.717, 1.165) is 15.6 Å². The zero-order valence-corrected chi connectivity index (χ0v) is 16.7. The fourth-order valence-electron chi connectivity index (χ4n) is 2.90. The highest BCUT2D eigenvalue weighted by Crippen LogP contribution is 2.32. The van der Waals surface area contributed by atoms with E-state index >= 15 is 0 Å². The van der Waals surface area contributed by atoms with Crippen molar-refractivity contribution in [1.29, 1.82) is 0 Å². The second kappa shape index (κ2) is 7.86. The molecule has 0 saturated heterocycles. The molecule has 4 rings (SSSR count). The minimum Gasteiger partial charge on any atom is -0.493 e. The molecule has 1 aromatic heterocycles. The topological polar surface area (TPSA) is 64.2 Å². The van der Waals surface area contributed by atoms with Gasteiger partial charge in [0.15, 0.2) is 11.5 Å². The number of para-hydroxylation sites is 1. The van der Waals surface area contributed by atoms with Gasteiger partial charge in [-0.15, -0.1) is 0 Å². The molecule has 4 aromatic rings. The number of hydrogen-bond donors (Lipinski definition) is 1. The minimum absolute atomic E-state index is 0.172. The van der Waals surface area contributed by atoms with Crippen LogP contribution in [0, 0.1) is 0 Å². The third-order valence-corrected chi connectivity index (χ3v) is 4.89. The van der Waals surface area contributed by atoms with Gasteiger partial charge in [-0.1, -0.05) is 40.2 Å². The molecule has 140 valence electrons. The number of nitrogens with zero attached hydrogens (tertiary/aromatic N) is 1. The molecule has 0 spiro atoms. The monoisotopic (exact) mass is 436 g/mol. The highest BCUT2D eigenvalue weighted by atomic mass is 79.9. The van der Waals surface area contributed by atoms with Crippen molar-refractivity contribution in [2.75, 3.05) is 7.11 Å². The molecular weight excluding hydrogens is 420 g/mol. The van der Waals surface area contributed by atoms with Crippen molar-refractivity contribution in [3.8, 4) is 22.9 Å². The first-order valence-electron chi connectivity index (χ1n) is 8.69. The number of rotatable bonds is 5. The van der Waals surface area contributed by atoms with Crippen molar-refractivity contribution in [2.45, 2.75) is 6.61 Å². The lowest BCUT2D eigenvalue weighted by Gasteiger charge is -2.12. The number of aromatic nitrogens is 2. The van der Waals surface area contributed by atoms with Crippen molar-refractivity contribution >= 4 is 26.8 Å². The smallest absolute Gasteiger partial charge is 0.259 e. The number of halogens is 1. The lowest BCUT2D eigenvalue weighted by atomic mass is 10.1. The van der Waals surface area contributed by atoms with Crippen LogP contribution in [0.25, 0.3) is 22.3 Å². The number of ether oxygens (including phenoxy) is 2. The third kappa shape index (κ3) is 3.77. The van der Waals surface area contributed by atoms with Crippen molar-refractivity contribution < 1.29 is 9.47 Å². The number of hydrogen-bond acceptors (Lipinski definition) is 4. The number of nitrogens with one attached hydrogen (secondary N) is 1. The lowest BCUT2D eigenvalue weighted by Crippen LogP contribution is -2.09. The highest BCUT2D eigenvalue weighted by molar-refractivity contribution is 9.10. The Kier molecular flexibility index (Phi) is 5.12. The Morgan fingerprint density at radius 3 is 2.57 bits per heavy atom. The van der Waals surface area contributed by atoms with Gasteiger partial charge in [-0.3, -0.25) is 4.79 Å². The summed E-state index contributed by atoms with van der Waals surface area (Å²) in [5, 5.41) is 0.562. The van der Waals surface area contributed by atoms with Gasteiger partial charge in [0.25, 0.3) is 5.56 Å². The normalized spacial score (nSPS) is 10.8. The first-order valence-corrected chi connectivity index (χ1v) is 9.48. The van der Waals surface area contributed by atoms with Crippen molar-refractivity contribution in [2.24, 2.45) is 0 Å². The van der Waals surface area contributed by atoms with Crippen LogP contribution in [-0.4, -0.2) is 17.1 Å². The molecule has 0 atom stereocenters. The van der Waals surface area contributed by atoms with Gasteiger partial charge in [0.1, 0.15) is 12.4 Å². The predicted molar refractivity (Wildman–Crippen MR) is 113 cm³/mol. The van der Waals surface area contributed by atoms with Crippen LogP contribution in [0.1, 0.15) is 5.56 Å². The van der Waals surface area contributed by atoms with E-state index in [-0.39, 0.29) is 5.56 Å². The van der Waals surface area contributed by atoms with Gasteiger partial charge in [0.2, 0.25) is 0 Å². The fraction of sp³-hybridized carbons (Fsp3) is 0.0909. The van der Waals surface area contributed by atoms with E-state index < -0.39 is 0 Å². The Morgan fingerprint density at radius 2 is 1.79 bits per heavy atom. The van der Waals surface area contributed by atoms with Crippen LogP contribution in [0.15, 0.2) is 76.0 Å². The van der Waals surface area contributed by atoms with Crippen molar-refractivity contribution in [1.82, 2.24) is 9.97 Å². The summed E-state index contributed by atoms with van der Waals surface area (Å²) in [4.78, 5) is 19.8. The van der Waals surface area contributed by atoms with Crippen LogP contribution >= 0.6 is 15.9 Å². The minimum atomic E-state index is -0.172. The third-order valence-electron chi connectivity index (χ3n) is 4.36. The van der Waals surface area contributed by atoms with Crippen LogP contribution in [-0.2, 0) is 6.61 Å². The first-order chi connectivity index (χ1) is 13.6. The summed E-state index contributed by atoms with van der Waals surface area (Å²) in [7, 11) is 1.59. The van der Waals surface area contributed by atoms with E-state index in [2.05, 4.69) is 25.9 Å². The molecule has 28 heavy (non-hydrogen) atoms. The summed E-state index contributed by atoms with van der Waals surface area (Å²) >= 11 is 3.43. The second-order valence-electron chi connectivity index (χ2n) is 6.21. The molecule has 3 aromatic carbocycles. The van der Waals surface area contributed by atoms with Gasteiger partial charge in [-0.05, 0) is 48.0 Å². The second-order valence-corrected chi connectivity index (χ2v) is 7.13. The zero-order chi connectivity index (χ0) is 19.5. The maximum absolute atomic E-state index is 12.4. The largest absolute Gasteiger partial charge is 0.493 e. The average Bonchev–Trinajstić information content (AvgIpc) is 2.73. The van der Waals surface area contributed by atoms with Gasteiger partial charge >= 0.3 is 0 Å². The molecule has 5 nitrogen and oxygen atoms in total. The van der Waals surface area contributed by atoms with Gasteiger partial charge in [-0.25, -0.2) is 4.98 Å². The van der Waals surface area contributed by atoms with E-state index in [4.69, 9.17) is 9.47 Å². The first kappa shape index (κ1) is 18.3. The lowest BCUT2D eigenvalue weighted by molar-refractivity contribution is 0.284. The Morgan fingerprint density at radius 1 is 1.00 bits per heavy atom. The summed E-state index contributed by atoms with van der Waals surface area (Å²) in [6, 6.07) is 20.6. The van der Waals surface area contributed by atoms with Gasteiger partial charge in [0.05, 0.1) is 18.0 Å². The maximum Gasteiger partial charge on any atom is 0.259 e. The molecule has 0 amide bonds. The van der Waals surface area contributed by atoms with Crippen LogP contribution in [0.5, 0.6) is 11.5 Å². The summed E-state index contributed by atoms with van der Waals surface area (Å²) in [6.45, 7) is 0.398. The van der Waals surface area contributed by atoms with E-state index in [1.54, 1.807) is 19.2 Å². The Hall–Kier alpha value is -3.12. The van der Waals surface area contributed by atoms with E-state index in [0.29, 0.717) is 34.8 Å². The number of benzene rings is 3. The van der Waals surface area contributed by atoms with E-state index in [9.17, 15) is 4.79 Å². The molecule has 6 heteroatoms. The molecule has 0 aliphatic carbocycles. The molecule has 0 unspecified atom stereocenters. The fourth-order valence-corrected chi connectivity index (χ4v) is 3.17. The number of methoxy groups -OCH3 is 1. The summed E-state index contributed by atoms with van der Waals surface area (Å²) in [5.41, 5.74) is 2.26. The van der Waals surface area contributed by atoms with Crippen LogP contribution in [0.4, 0.5) is 0 Å². The number of fused-ring (bicyclic) bond motifs is 1. The molecule has 1 heterocycles. The van der Waals surface area contributed by atoms with Crippen molar-refractivity contribution in [3.63, 3.8) is 0 Å². The van der Waals surface area contributed by atoms with Gasteiger partial charge in [0, 0.05) is 10.0 Å². The molecule has 0 bridgehead atoms. The zero-order valence-electron chi connectivity index (χ0n) is 15.1. The van der Waals surface area contributed by atoms with E-state index in [1.165, 1.54) is 0 Å². The van der Waals surface area contributed by atoms with Gasteiger partial charge < -0.3 is 14.5 Å². The van der Waals surface area contributed by atoms with Crippen LogP contribution < -0.4 is 15.0 Å². The molecule has 0 saturated carbocycles. The van der Waals surface area contributed by atoms with Gasteiger partial charge in [-0.2, -0.15) is 0 Å². The molecule has 1 N–H and O–H groups in total. The summed E-state index contributed by atoms with van der Waals surface area (Å²) < 4.78 is 12.4. The SMILES string of the molecule is COc1ccc(-c2nc3ccccc3c(=O)[nH]2)cc1OCc1ccc(Br)cc1. The average molecular weight is 437 g/mol. The molecule has 0 aliphatic rings. The Bertz CT molecular complexity index is 1190.